The maximum Gasteiger partial charge on any atom is 0.255 e. The predicted molar refractivity (Wildman–Crippen MR) is 64.0 cm³/mol. The smallest absolute Gasteiger partial charge is 0.255 e. The lowest BCUT2D eigenvalue weighted by atomic mass is 10.2. The van der Waals surface area contributed by atoms with Crippen LogP contribution in [0.15, 0.2) is 30.5 Å². The number of phenols is 1. The van der Waals surface area contributed by atoms with E-state index >= 15 is 0 Å². The molecule has 2 rings (SSSR count). The number of aryl methyl sites for hydroxylation is 2. The number of hydrogen-bond acceptors (Lipinski definition) is 3. The number of amides is 1. The number of nitrogens with one attached hydrogen (secondary N) is 1. The third-order valence-corrected chi connectivity index (χ3v) is 2.37. The van der Waals surface area contributed by atoms with Gasteiger partial charge in [-0.25, -0.2) is 0 Å². The van der Waals surface area contributed by atoms with Gasteiger partial charge in [-0.3, -0.25) is 9.48 Å². The first-order chi connectivity index (χ1) is 8.06. The number of hydrogen-bond donors (Lipinski definition) is 2. The molecule has 1 amide bonds. The van der Waals surface area contributed by atoms with Crippen LogP contribution in [0.3, 0.4) is 0 Å². The van der Waals surface area contributed by atoms with Gasteiger partial charge in [0.1, 0.15) is 5.75 Å². The highest BCUT2D eigenvalue weighted by atomic mass is 16.3. The summed E-state index contributed by atoms with van der Waals surface area (Å²) in [6.45, 7) is 1.82. The second-order valence-electron chi connectivity index (χ2n) is 3.81. The summed E-state index contributed by atoms with van der Waals surface area (Å²) in [5.41, 5.74) is 1.83. The Morgan fingerprint density at radius 3 is 2.82 bits per heavy atom. The van der Waals surface area contributed by atoms with E-state index in [0.29, 0.717) is 11.3 Å². The molecule has 1 aromatic carbocycles. The minimum Gasteiger partial charge on any atom is -0.508 e. The molecular formula is C12H13N3O2. The average Bonchev–Trinajstić information content (AvgIpc) is 2.57. The van der Waals surface area contributed by atoms with Crippen LogP contribution < -0.4 is 5.32 Å². The zero-order valence-corrected chi connectivity index (χ0v) is 9.64. The quantitative estimate of drug-likeness (QED) is 0.826. The lowest BCUT2D eigenvalue weighted by Crippen LogP contribution is -2.11. The molecule has 2 N–H and O–H groups in total. The highest BCUT2D eigenvalue weighted by Crippen LogP contribution is 2.15. The van der Waals surface area contributed by atoms with Crippen LogP contribution in [0.5, 0.6) is 5.75 Å². The van der Waals surface area contributed by atoms with E-state index in [1.165, 1.54) is 12.1 Å². The summed E-state index contributed by atoms with van der Waals surface area (Å²) in [5, 5.41) is 16.2. The van der Waals surface area contributed by atoms with E-state index in [2.05, 4.69) is 10.4 Å². The molecule has 0 saturated carbocycles. The first-order valence-corrected chi connectivity index (χ1v) is 5.17. The molecule has 17 heavy (non-hydrogen) atoms. The third-order valence-electron chi connectivity index (χ3n) is 2.37. The molecule has 0 aliphatic rings. The van der Waals surface area contributed by atoms with Crippen LogP contribution in [-0.2, 0) is 7.05 Å². The number of anilines is 1. The van der Waals surface area contributed by atoms with E-state index in [-0.39, 0.29) is 11.7 Å². The SMILES string of the molecule is Cc1nn(C)cc1NC(=O)c1cccc(O)c1. The molecule has 5 nitrogen and oxygen atoms in total. The minimum atomic E-state index is -0.267. The molecule has 0 bridgehead atoms. The Hall–Kier alpha value is -2.30. The monoisotopic (exact) mass is 231 g/mol. The maximum atomic E-state index is 11.9. The Morgan fingerprint density at radius 1 is 1.47 bits per heavy atom. The number of benzene rings is 1. The Bertz CT molecular complexity index is 561. The average molecular weight is 231 g/mol. The molecule has 5 heteroatoms. The fourth-order valence-electron chi connectivity index (χ4n) is 1.56. The fraction of sp³-hybridized carbons (Fsp3) is 0.167. The summed E-state index contributed by atoms with van der Waals surface area (Å²) in [5.74, 6) is -0.197. The highest BCUT2D eigenvalue weighted by molar-refractivity contribution is 6.04. The van der Waals surface area contributed by atoms with Crippen molar-refractivity contribution in [3.05, 3.63) is 41.7 Å². The number of carbonyl (C=O) groups is 1. The van der Waals surface area contributed by atoms with Gasteiger partial charge in [-0.05, 0) is 25.1 Å². The van der Waals surface area contributed by atoms with Crippen molar-refractivity contribution >= 4 is 11.6 Å². The molecule has 0 atom stereocenters. The summed E-state index contributed by atoms with van der Waals surface area (Å²) in [7, 11) is 1.79. The number of aromatic nitrogens is 2. The van der Waals surface area contributed by atoms with Crippen LogP contribution in [0, 0.1) is 6.92 Å². The van der Waals surface area contributed by atoms with E-state index < -0.39 is 0 Å². The van der Waals surface area contributed by atoms with Gasteiger partial charge in [0.05, 0.1) is 11.4 Å². The normalized spacial score (nSPS) is 10.2. The van der Waals surface area contributed by atoms with Gasteiger partial charge >= 0.3 is 0 Å². The van der Waals surface area contributed by atoms with Crippen molar-refractivity contribution in [2.24, 2.45) is 7.05 Å². The van der Waals surface area contributed by atoms with E-state index in [1.807, 2.05) is 6.92 Å². The largest absolute Gasteiger partial charge is 0.508 e. The van der Waals surface area contributed by atoms with Gasteiger partial charge in [-0.1, -0.05) is 6.07 Å². The standard InChI is InChI=1S/C12H13N3O2/c1-8-11(7-15(2)14-8)13-12(17)9-4-3-5-10(16)6-9/h3-7,16H,1-2H3,(H,13,17). The molecule has 1 aromatic heterocycles. The van der Waals surface area contributed by atoms with Crippen LogP contribution in [0.1, 0.15) is 16.1 Å². The maximum absolute atomic E-state index is 11.9. The van der Waals surface area contributed by atoms with Crippen molar-refractivity contribution in [3.8, 4) is 5.75 Å². The molecule has 0 aliphatic carbocycles. The predicted octanol–water partition coefficient (Wildman–Crippen LogP) is 1.69. The molecule has 0 fully saturated rings. The van der Waals surface area contributed by atoms with Gasteiger partial charge in [0.25, 0.3) is 5.91 Å². The van der Waals surface area contributed by atoms with Crippen molar-refractivity contribution in [2.75, 3.05) is 5.32 Å². The lowest BCUT2D eigenvalue weighted by Gasteiger charge is -2.03. The zero-order valence-electron chi connectivity index (χ0n) is 9.64. The van der Waals surface area contributed by atoms with Gasteiger partial charge in [-0.15, -0.1) is 0 Å². The van der Waals surface area contributed by atoms with E-state index in [4.69, 9.17) is 0 Å². The summed E-state index contributed by atoms with van der Waals surface area (Å²) < 4.78 is 1.63. The van der Waals surface area contributed by atoms with Crippen LogP contribution in [-0.4, -0.2) is 20.8 Å². The minimum absolute atomic E-state index is 0.0700. The second kappa shape index (κ2) is 4.29. The van der Waals surface area contributed by atoms with Crippen molar-refractivity contribution in [2.45, 2.75) is 6.92 Å². The van der Waals surface area contributed by atoms with Crippen LogP contribution in [0.25, 0.3) is 0 Å². The van der Waals surface area contributed by atoms with Crippen LogP contribution in [0.2, 0.25) is 0 Å². The van der Waals surface area contributed by atoms with E-state index in [0.717, 1.165) is 5.69 Å². The van der Waals surface area contributed by atoms with Crippen molar-refractivity contribution < 1.29 is 9.90 Å². The van der Waals surface area contributed by atoms with Crippen molar-refractivity contribution in [3.63, 3.8) is 0 Å². The number of carbonyl (C=O) groups excluding carboxylic acids is 1. The topological polar surface area (TPSA) is 67.2 Å². The van der Waals surface area contributed by atoms with Gasteiger partial charge in [0.15, 0.2) is 0 Å². The molecule has 0 aliphatic heterocycles. The molecule has 2 aromatic rings. The Balaban J connectivity index is 2.20. The van der Waals surface area contributed by atoms with Crippen molar-refractivity contribution in [1.29, 1.82) is 0 Å². The van der Waals surface area contributed by atoms with Crippen LogP contribution in [0.4, 0.5) is 5.69 Å². The molecule has 0 spiro atoms. The number of nitrogens with zero attached hydrogens (tertiary/aromatic N) is 2. The van der Waals surface area contributed by atoms with Gasteiger partial charge in [0.2, 0.25) is 0 Å². The van der Waals surface area contributed by atoms with Gasteiger partial charge in [0, 0.05) is 18.8 Å². The summed E-state index contributed by atoms with van der Waals surface area (Å²) in [6.07, 6.45) is 1.73. The van der Waals surface area contributed by atoms with E-state index in [1.54, 1.807) is 30.1 Å². The third kappa shape index (κ3) is 2.44. The molecular weight excluding hydrogens is 218 g/mol. The van der Waals surface area contributed by atoms with Crippen molar-refractivity contribution in [1.82, 2.24) is 9.78 Å². The van der Waals surface area contributed by atoms with E-state index in [9.17, 15) is 9.90 Å². The second-order valence-corrected chi connectivity index (χ2v) is 3.81. The molecule has 0 unspecified atom stereocenters. The molecule has 88 valence electrons. The Morgan fingerprint density at radius 2 is 2.24 bits per heavy atom. The van der Waals surface area contributed by atoms with Crippen LogP contribution >= 0.6 is 0 Å². The van der Waals surface area contributed by atoms with Gasteiger partial charge in [-0.2, -0.15) is 5.10 Å². The summed E-state index contributed by atoms with van der Waals surface area (Å²) in [4.78, 5) is 11.9. The summed E-state index contributed by atoms with van der Waals surface area (Å²) >= 11 is 0. The van der Waals surface area contributed by atoms with Gasteiger partial charge < -0.3 is 10.4 Å². The molecule has 1 heterocycles. The lowest BCUT2D eigenvalue weighted by molar-refractivity contribution is 0.102. The molecule has 0 saturated heterocycles. The zero-order chi connectivity index (χ0) is 12.4. The Labute approximate surface area is 98.7 Å². The number of rotatable bonds is 2. The highest BCUT2D eigenvalue weighted by Gasteiger charge is 2.10. The number of aromatic hydroxyl groups is 1. The fourth-order valence-corrected chi connectivity index (χ4v) is 1.56. The summed E-state index contributed by atoms with van der Waals surface area (Å²) in [6, 6.07) is 6.20. The first kappa shape index (κ1) is 11.2. The Kier molecular flexibility index (Phi) is 2.82. The number of phenolic OH excluding ortho intramolecular Hbond substituents is 1. The first-order valence-electron chi connectivity index (χ1n) is 5.17. The molecule has 0 radical (unpaired) electrons.